The Labute approximate surface area is 102 Å². The van der Waals surface area contributed by atoms with Gasteiger partial charge in [0.2, 0.25) is 0 Å². The summed E-state index contributed by atoms with van der Waals surface area (Å²) < 4.78 is 11.1. The van der Waals surface area contributed by atoms with E-state index in [1.54, 1.807) is 13.8 Å². The van der Waals surface area contributed by atoms with E-state index >= 15 is 0 Å². The van der Waals surface area contributed by atoms with Crippen LogP contribution >= 0.6 is 0 Å². The van der Waals surface area contributed by atoms with E-state index in [1.165, 1.54) is 0 Å². The van der Waals surface area contributed by atoms with Gasteiger partial charge in [-0.05, 0) is 20.3 Å². The maximum Gasteiger partial charge on any atom is 0.336 e. The zero-order chi connectivity index (χ0) is 13.1. The van der Waals surface area contributed by atoms with Crippen molar-refractivity contribution >= 4 is 5.97 Å². The zero-order valence-electron chi connectivity index (χ0n) is 10.7. The Morgan fingerprint density at radius 1 is 1.59 bits per heavy atom. The number of carbonyl (C=O) groups is 1. The number of ether oxygens (including phenoxy) is 2. The van der Waals surface area contributed by atoms with Crippen LogP contribution in [0.5, 0.6) is 0 Å². The molecule has 4 unspecified atom stereocenters. The van der Waals surface area contributed by atoms with Gasteiger partial charge in [0.05, 0.1) is 24.9 Å². The molecule has 4 atom stereocenters. The maximum absolute atomic E-state index is 11.4. The Balaban J connectivity index is 2.78. The molecule has 0 aromatic carbocycles. The molecule has 1 rings (SSSR count). The summed E-state index contributed by atoms with van der Waals surface area (Å²) in [4.78, 5) is 11.4. The van der Waals surface area contributed by atoms with E-state index in [1.807, 2.05) is 6.92 Å². The summed E-state index contributed by atoms with van der Waals surface area (Å²) in [5.41, 5.74) is -1.21. The molecule has 5 nitrogen and oxygen atoms in total. The molecule has 0 bridgehead atoms. The quantitative estimate of drug-likeness (QED) is 0.762. The predicted octanol–water partition coefficient (Wildman–Crippen LogP) is 1.18. The highest BCUT2D eigenvalue weighted by Gasteiger charge is 2.46. The fourth-order valence-corrected chi connectivity index (χ4v) is 1.99. The summed E-state index contributed by atoms with van der Waals surface area (Å²) in [7, 11) is 0. The largest absolute Gasteiger partial charge is 0.479 e. The number of carboxylic acid groups (broad SMARTS) is 1. The smallest absolute Gasteiger partial charge is 0.336 e. The molecule has 0 radical (unpaired) electrons. The third kappa shape index (κ3) is 3.40. The molecule has 1 aliphatic heterocycles. The van der Waals surface area contributed by atoms with Gasteiger partial charge in [-0.15, -0.1) is 0 Å². The average molecular weight is 246 g/mol. The van der Waals surface area contributed by atoms with E-state index in [2.05, 4.69) is 0 Å². The molecule has 1 aliphatic rings. The van der Waals surface area contributed by atoms with Crippen molar-refractivity contribution < 1.29 is 24.5 Å². The molecule has 2 N–H and O–H groups in total. The summed E-state index contributed by atoms with van der Waals surface area (Å²) >= 11 is 0. The molecular formula is C12H22O5. The number of rotatable bonds is 5. The van der Waals surface area contributed by atoms with Crippen molar-refractivity contribution in [3.05, 3.63) is 0 Å². The molecule has 0 spiro atoms. The van der Waals surface area contributed by atoms with Crippen molar-refractivity contribution in [1.29, 1.82) is 0 Å². The van der Waals surface area contributed by atoms with E-state index in [0.717, 1.165) is 6.42 Å². The minimum absolute atomic E-state index is 0.0824. The van der Waals surface area contributed by atoms with Gasteiger partial charge in [-0.3, -0.25) is 0 Å². The van der Waals surface area contributed by atoms with Crippen LogP contribution in [0.15, 0.2) is 0 Å². The highest BCUT2D eigenvalue weighted by Crippen LogP contribution is 2.32. The minimum atomic E-state index is -1.21. The first-order valence-electron chi connectivity index (χ1n) is 6.12. The Hall–Kier alpha value is -0.650. The molecule has 0 aromatic heterocycles. The number of aliphatic carboxylic acids is 1. The van der Waals surface area contributed by atoms with E-state index in [9.17, 15) is 15.0 Å². The molecule has 1 heterocycles. The van der Waals surface area contributed by atoms with Crippen LogP contribution in [0.25, 0.3) is 0 Å². The standard InChI is InChI=1S/C12H22O5/c1-4-10-7-12(11(14)15,5-6-16-10)17-9(3)8(2)13/h8-10,13H,4-7H2,1-3H3,(H,14,15). The molecule has 0 amide bonds. The molecular weight excluding hydrogens is 224 g/mol. The number of hydrogen-bond acceptors (Lipinski definition) is 4. The summed E-state index contributed by atoms with van der Waals surface area (Å²) in [6.07, 6.45) is 0.171. The van der Waals surface area contributed by atoms with Crippen LogP contribution in [0, 0.1) is 0 Å². The van der Waals surface area contributed by atoms with Gasteiger partial charge >= 0.3 is 5.97 Å². The number of hydrogen-bond donors (Lipinski definition) is 2. The van der Waals surface area contributed by atoms with Crippen molar-refractivity contribution in [3.63, 3.8) is 0 Å². The lowest BCUT2D eigenvalue weighted by molar-refractivity contribution is -0.204. The van der Waals surface area contributed by atoms with Crippen LogP contribution in [0.4, 0.5) is 0 Å². The Bertz CT molecular complexity index is 266. The molecule has 1 saturated heterocycles. The average Bonchev–Trinajstić information content (AvgIpc) is 2.28. The number of aliphatic hydroxyl groups is 1. The van der Waals surface area contributed by atoms with Gasteiger partial charge in [0.25, 0.3) is 0 Å². The van der Waals surface area contributed by atoms with Crippen LogP contribution in [0.3, 0.4) is 0 Å². The van der Waals surface area contributed by atoms with Gasteiger partial charge in [-0.1, -0.05) is 6.92 Å². The van der Waals surface area contributed by atoms with Gasteiger partial charge in [-0.25, -0.2) is 4.79 Å². The van der Waals surface area contributed by atoms with Crippen molar-refractivity contribution in [3.8, 4) is 0 Å². The maximum atomic E-state index is 11.4. The van der Waals surface area contributed by atoms with Gasteiger partial charge in [0.1, 0.15) is 0 Å². The second-order valence-electron chi connectivity index (χ2n) is 4.72. The summed E-state index contributed by atoms with van der Waals surface area (Å²) in [5.74, 6) is -0.966. The van der Waals surface area contributed by atoms with E-state index in [0.29, 0.717) is 19.4 Å². The monoisotopic (exact) mass is 246 g/mol. The predicted molar refractivity (Wildman–Crippen MR) is 61.9 cm³/mol. The van der Waals surface area contributed by atoms with Crippen LogP contribution in [-0.4, -0.2) is 46.7 Å². The fraction of sp³-hybridized carbons (Fsp3) is 0.917. The highest BCUT2D eigenvalue weighted by molar-refractivity contribution is 5.77. The molecule has 5 heteroatoms. The SMILES string of the molecule is CCC1CC(OC(C)C(C)O)(C(=O)O)CCO1. The Morgan fingerprint density at radius 3 is 2.71 bits per heavy atom. The zero-order valence-corrected chi connectivity index (χ0v) is 10.7. The van der Waals surface area contributed by atoms with Crippen molar-refractivity contribution in [2.75, 3.05) is 6.61 Å². The van der Waals surface area contributed by atoms with Crippen molar-refractivity contribution in [2.45, 2.75) is 63.9 Å². The van der Waals surface area contributed by atoms with Crippen molar-refractivity contribution in [1.82, 2.24) is 0 Å². The van der Waals surface area contributed by atoms with Gasteiger partial charge in [-0.2, -0.15) is 0 Å². The van der Waals surface area contributed by atoms with E-state index < -0.39 is 23.8 Å². The van der Waals surface area contributed by atoms with Gasteiger partial charge in [0.15, 0.2) is 5.60 Å². The molecule has 0 aromatic rings. The molecule has 0 aliphatic carbocycles. The third-order valence-corrected chi connectivity index (χ3v) is 3.35. The van der Waals surface area contributed by atoms with Crippen LogP contribution < -0.4 is 0 Å². The van der Waals surface area contributed by atoms with Gasteiger partial charge in [0, 0.05) is 12.8 Å². The summed E-state index contributed by atoms with van der Waals surface area (Å²) in [5, 5.41) is 18.8. The topological polar surface area (TPSA) is 76.0 Å². The first kappa shape index (κ1) is 14.4. The molecule has 17 heavy (non-hydrogen) atoms. The minimum Gasteiger partial charge on any atom is -0.479 e. The summed E-state index contributed by atoms with van der Waals surface area (Å²) in [6, 6.07) is 0. The van der Waals surface area contributed by atoms with Gasteiger partial charge < -0.3 is 19.7 Å². The Kier molecular flexibility index (Phi) is 4.91. The molecule has 1 fully saturated rings. The van der Waals surface area contributed by atoms with Crippen LogP contribution in [0.1, 0.15) is 40.0 Å². The van der Waals surface area contributed by atoms with E-state index in [-0.39, 0.29) is 6.10 Å². The fourth-order valence-electron chi connectivity index (χ4n) is 1.99. The van der Waals surface area contributed by atoms with Crippen molar-refractivity contribution in [2.24, 2.45) is 0 Å². The van der Waals surface area contributed by atoms with Crippen LogP contribution in [0.2, 0.25) is 0 Å². The first-order valence-corrected chi connectivity index (χ1v) is 6.12. The molecule has 100 valence electrons. The highest BCUT2D eigenvalue weighted by atomic mass is 16.6. The second kappa shape index (κ2) is 5.80. The van der Waals surface area contributed by atoms with Crippen LogP contribution in [-0.2, 0) is 14.3 Å². The lowest BCUT2D eigenvalue weighted by Gasteiger charge is -2.39. The lowest BCUT2D eigenvalue weighted by atomic mass is 9.88. The lowest BCUT2D eigenvalue weighted by Crippen LogP contribution is -2.52. The third-order valence-electron chi connectivity index (χ3n) is 3.35. The first-order chi connectivity index (χ1) is 7.91. The summed E-state index contributed by atoms with van der Waals surface area (Å²) in [6.45, 7) is 5.63. The Morgan fingerprint density at radius 2 is 2.24 bits per heavy atom. The second-order valence-corrected chi connectivity index (χ2v) is 4.72. The molecule has 0 saturated carbocycles. The number of aliphatic hydroxyl groups excluding tert-OH is 1. The number of carboxylic acids is 1. The normalized spacial score (nSPS) is 33.1. The van der Waals surface area contributed by atoms with E-state index in [4.69, 9.17) is 9.47 Å².